The molecule has 8 nitrogen and oxygen atoms in total. The van der Waals surface area contributed by atoms with Gasteiger partial charge in [0.1, 0.15) is 6.10 Å². The second-order valence-corrected chi connectivity index (χ2v) is 19.6. The number of aliphatic hydroxyl groups is 2. The second kappa shape index (κ2) is 12.2. The summed E-state index contributed by atoms with van der Waals surface area (Å²) in [4.78, 5) is 16.6. The average molecular weight is 661 g/mol. The summed E-state index contributed by atoms with van der Waals surface area (Å²) in [5.41, 5.74) is 0.0637. The van der Waals surface area contributed by atoms with E-state index in [0.717, 1.165) is 19.3 Å². The Kier molecular flexibility index (Phi) is 9.34. The summed E-state index contributed by atoms with van der Waals surface area (Å²) in [6, 6.07) is 0. The lowest BCUT2D eigenvalue weighted by atomic mass is 9.44. The summed E-state index contributed by atoms with van der Waals surface area (Å²) < 4.78 is 19.7. The van der Waals surface area contributed by atoms with Crippen LogP contribution in [0.25, 0.3) is 0 Å². The molecule has 0 aromatic heterocycles. The number of likely N-dealkylation sites (N-methyl/N-ethyl adjacent to an activating group) is 1. The maximum absolute atomic E-state index is 12.8. The highest BCUT2D eigenvalue weighted by molar-refractivity contribution is 5.78. The van der Waals surface area contributed by atoms with Crippen LogP contribution in [0.5, 0.6) is 0 Å². The molecule has 0 radical (unpaired) electrons. The molecule has 0 aromatic rings. The molecule has 4 aliphatic carbocycles. The number of carbonyl (C=O) groups excluding carboxylic acids is 1. The van der Waals surface area contributed by atoms with Crippen molar-refractivity contribution in [3.63, 3.8) is 0 Å². The monoisotopic (exact) mass is 661 g/mol. The molecular formula is C39H68N2O6. The van der Waals surface area contributed by atoms with Gasteiger partial charge < -0.3 is 34.2 Å². The summed E-state index contributed by atoms with van der Waals surface area (Å²) in [6.07, 6.45) is 10.7. The van der Waals surface area contributed by atoms with Crippen LogP contribution in [0.15, 0.2) is 0 Å². The molecule has 12 atom stereocenters. The van der Waals surface area contributed by atoms with Gasteiger partial charge in [0.15, 0.2) is 6.29 Å². The van der Waals surface area contributed by atoms with E-state index in [1.54, 1.807) is 13.8 Å². The van der Waals surface area contributed by atoms with Crippen molar-refractivity contribution in [2.24, 2.45) is 44.8 Å². The SMILES string of the molecule is C[C@@H]1CC([C@H](O)C(C)(C)O)OC2C[C@@]3(C)[C@@H]4CCC[C@@]5(CC[C@H](OC6CN(C(=O)CN(C)C)CCO6)C(C)(C)C)C[C@@]45CC[C@]3(C)C21. The Balaban J connectivity index is 1.16. The van der Waals surface area contributed by atoms with Gasteiger partial charge in [-0.25, -0.2) is 0 Å². The van der Waals surface area contributed by atoms with Crippen molar-refractivity contribution in [1.29, 1.82) is 0 Å². The van der Waals surface area contributed by atoms with Gasteiger partial charge in [0.2, 0.25) is 5.91 Å². The van der Waals surface area contributed by atoms with Gasteiger partial charge in [-0.2, -0.15) is 0 Å². The summed E-state index contributed by atoms with van der Waals surface area (Å²) >= 11 is 0. The predicted octanol–water partition coefficient (Wildman–Crippen LogP) is 5.87. The highest BCUT2D eigenvalue weighted by Crippen LogP contribution is 2.86. The second-order valence-electron chi connectivity index (χ2n) is 19.6. The third-order valence-corrected chi connectivity index (χ3v) is 15.0. The first kappa shape index (κ1) is 36.0. The lowest BCUT2D eigenvalue weighted by molar-refractivity contribution is -0.221. The molecule has 6 rings (SSSR count). The van der Waals surface area contributed by atoms with Crippen molar-refractivity contribution in [3.8, 4) is 0 Å². The number of aliphatic hydroxyl groups excluding tert-OH is 1. The molecule has 2 aliphatic heterocycles. The van der Waals surface area contributed by atoms with E-state index in [9.17, 15) is 15.0 Å². The number of rotatable bonds is 9. The first-order chi connectivity index (χ1) is 21.8. The fourth-order valence-electron chi connectivity index (χ4n) is 12.4. The van der Waals surface area contributed by atoms with Crippen molar-refractivity contribution in [1.82, 2.24) is 9.80 Å². The Hall–Kier alpha value is -0.770. The molecule has 0 bridgehead atoms. The number of amides is 1. The van der Waals surface area contributed by atoms with Gasteiger partial charge in [0.05, 0.1) is 43.6 Å². The highest BCUT2D eigenvalue weighted by Gasteiger charge is 2.79. The molecule has 0 aromatic carbocycles. The quantitative estimate of drug-likeness (QED) is 0.320. The van der Waals surface area contributed by atoms with Crippen molar-refractivity contribution >= 4 is 5.91 Å². The van der Waals surface area contributed by atoms with E-state index in [0.29, 0.717) is 54.8 Å². The molecule has 4 saturated carbocycles. The molecule has 2 N–H and O–H groups in total. The van der Waals surface area contributed by atoms with Crippen LogP contribution in [0.2, 0.25) is 0 Å². The number of nitrogens with zero attached hydrogens (tertiary/aromatic N) is 2. The van der Waals surface area contributed by atoms with Gasteiger partial charge in [-0.05, 0) is 131 Å². The van der Waals surface area contributed by atoms with Crippen LogP contribution >= 0.6 is 0 Å². The van der Waals surface area contributed by atoms with Crippen LogP contribution in [0.3, 0.4) is 0 Å². The largest absolute Gasteiger partial charge is 0.388 e. The van der Waals surface area contributed by atoms with Gasteiger partial charge in [-0.3, -0.25) is 4.79 Å². The van der Waals surface area contributed by atoms with Crippen LogP contribution in [0, 0.1) is 44.8 Å². The lowest BCUT2D eigenvalue weighted by Gasteiger charge is -2.60. The van der Waals surface area contributed by atoms with Crippen molar-refractivity contribution in [2.75, 3.05) is 40.3 Å². The Labute approximate surface area is 285 Å². The molecule has 8 heteroatoms. The van der Waals surface area contributed by atoms with E-state index in [2.05, 4.69) is 41.5 Å². The summed E-state index contributed by atoms with van der Waals surface area (Å²) in [6.45, 7) is 19.9. The minimum absolute atomic E-state index is 0.0258. The summed E-state index contributed by atoms with van der Waals surface area (Å²) in [5.74, 6) is 1.81. The number of hydrogen-bond acceptors (Lipinski definition) is 7. The third kappa shape index (κ3) is 6.05. The van der Waals surface area contributed by atoms with E-state index >= 15 is 0 Å². The molecule has 4 unspecified atom stereocenters. The molecule has 47 heavy (non-hydrogen) atoms. The van der Waals surface area contributed by atoms with Crippen molar-refractivity contribution in [2.45, 2.75) is 156 Å². The first-order valence-electron chi connectivity index (χ1n) is 19.0. The van der Waals surface area contributed by atoms with E-state index in [1.165, 1.54) is 44.9 Å². The zero-order chi connectivity index (χ0) is 34.4. The van der Waals surface area contributed by atoms with E-state index in [4.69, 9.17) is 14.2 Å². The number of ether oxygens (including phenoxy) is 3. The maximum Gasteiger partial charge on any atom is 0.236 e. The highest BCUT2D eigenvalue weighted by atomic mass is 16.7. The van der Waals surface area contributed by atoms with E-state index < -0.39 is 11.7 Å². The molecule has 6 aliphatic rings. The zero-order valence-electron chi connectivity index (χ0n) is 31.4. The molecule has 1 amide bonds. The van der Waals surface area contributed by atoms with E-state index in [1.807, 2.05) is 23.9 Å². The van der Waals surface area contributed by atoms with Gasteiger partial charge in [0, 0.05) is 6.54 Å². The first-order valence-corrected chi connectivity index (χ1v) is 19.0. The molecule has 1 spiro atoms. The Morgan fingerprint density at radius 2 is 1.83 bits per heavy atom. The van der Waals surface area contributed by atoms with Crippen LogP contribution in [-0.2, 0) is 19.0 Å². The fraction of sp³-hybridized carbons (Fsp3) is 0.974. The number of hydrogen-bond donors (Lipinski definition) is 2. The molecule has 270 valence electrons. The summed E-state index contributed by atoms with van der Waals surface area (Å²) in [5, 5.41) is 21.7. The molecular weight excluding hydrogens is 592 g/mol. The maximum atomic E-state index is 12.8. The zero-order valence-corrected chi connectivity index (χ0v) is 31.4. The van der Waals surface area contributed by atoms with Gasteiger partial charge in [-0.15, -0.1) is 0 Å². The minimum atomic E-state index is -1.17. The van der Waals surface area contributed by atoms with Crippen LogP contribution in [0.1, 0.15) is 120 Å². The van der Waals surface area contributed by atoms with Gasteiger partial charge >= 0.3 is 0 Å². The topological polar surface area (TPSA) is 91.7 Å². The van der Waals surface area contributed by atoms with Crippen molar-refractivity contribution < 1.29 is 29.2 Å². The normalized spacial score (nSPS) is 44.7. The molecule has 2 heterocycles. The lowest BCUT2D eigenvalue weighted by Crippen LogP contribution is -2.55. The van der Waals surface area contributed by atoms with Crippen LogP contribution in [-0.4, -0.2) is 103 Å². The summed E-state index contributed by atoms with van der Waals surface area (Å²) in [7, 11) is 3.87. The number of fused-ring (bicyclic) bond motifs is 4. The fourth-order valence-corrected chi connectivity index (χ4v) is 12.4. The number of carbonyl (C=O) groups is 1. The Morgan fingerprint density at radius 3 is 2.49 bits per heavy atom. The van der Waals surface area contributed by atoms with Crippen molar-refractivity contribution in [3.05, 3.63) is 0 Å². The Morgan fingerprint density at radius 1 is 1.11 bits per heavy atom. The van der Waals surface area contributed by atoms with Crippen LogP contribution < -0.4 is 0 Å². The Bertz CT molecular complexity index is 1170. The van der Waals surface area contributed by atoms with Gasteiger partial charge in [-0.1, -0.05) is 48.0 Å². The predicted molar refractivity (Wildman–Crippen MR) is 184 cm³/mol. The average Bonchev–Trinajstić information content (AvgIpc) is 3.57. The van der Waals surface area contributed by atoms with Gasteiger partial charge in [0.25, 0.3) is 0 Å². The van der Waals surface area contributed by atoms with Crippen LogP contribution in [0.4, 0.5) is 0 Å². The minimum Gasteiger partial charge on any atom is -0.388 e. The van der Waals surface area contributed by atoms with E-state index in [-0.39, 0.29) is 46.8 Å². The standard InChI is InChI=1S/C39H68N2O6/c1-25-20-26(33(43)35(5,6)44)46-27-21-37(8)28-12-11-14-38(24-39(28,38)17-16-36(37,7)32(25)27)15-13-29(34(2,3)4)47-31-23-41(18-19-45-31)30(42)22-40(9)10/h25-29,31-33,43-44H,11-24H2,1-10H3/t25-,26?,27?,28+,29+,31?,32?,33+,36-,37+,38-,39+/m1/s1. The third-order valence-electron chi connectivity index (χ3n) is 15.0. The number of morpholine rings is 1. The smallest absolute Gasteiger partial charge is 0.236 e. The molecule has 2 saturated heterocycles. The molecule has 6 fully saturated rings.